The van der Waals surface area contributed by atoms with Crippen LogP contribution >= 0.6 is 11.3 Å². The molecule has 2 aromatic heterocycles. The molecule has 25 heavy (non-hydrogen) atoms. The zero-order valence-electron chi connectivity index (χ0n) is 14.1. The fraction of sp³-hybridized carbons (Fsp3) is 0.312. The molecule has 0 atom stereocenters. The second kappa shape index (κ2) is 7.39. The van der Waals surface area contributed by atoms with Gasteiger partial charge in [-0.2, -0.15) is 0 Å². The molecule has 2 aromatic rings. The van der Waals surface area contributed by atoms with E-state index < -0.39 is 16.9 Å². The summed E-state index contributed by atoms with van der Waals surface area (Å²) in [5.41, 5.74) is 1.17. The van der Waals surface area contributed by atoms with Gasteiger partial charge in [0.15, 0.2) is 0 Å². The van der Waals surface area contributed by atoms with Crippen molar-refractivity contribution in [3.63, 3.8) is 0 Å². The van der Waals surface area contributed by atoms with Gasteiger partial charge in [-0.1, -0.05) is 11.3 Å². The minimum atomic E-state index is -0.679. The topological polar surface area (TPSA) is 109 Å². The fourth-order valence-electron chi connectivity index (χ4n) is 2.46. The van der Waals surface area contributed by atoms with Crippen molar-refractivity contribution in [2.45, 2.75) is 20.8 Å². The molecule has 0 aliphatic rings. The van der Waals surface area contributed by atoms with Crippen molar-refractivity contribution < 1.29 is 24.0 Å². The van der Waals surface area contributed by atoms with Crippen molar-refractivity contribution >= 4 is 28.3 Å². The maximum atomic E-state index is 12.4. The summed E-state index contributed by atoms with van der Waals surface area (Å²) < 4.78 is 9.88. The van der Waals surface area contributed by atoms with Crippen LogP contribution in [0.5, 0.6) is 0 Å². The van der Waals surface area contributed by atoms with Gasteiger partial charge in [-0.25, -0.2) is 9.59 Å². The molecule has 0 bridgehead atoms. The van der Waals surface area contributed by atoms with Crippen LogP contribution in [0.15, 0.2) is 12.1 Å². The van der Waals surface area contributed by atoms with E-state index in [4.69, 9.17) is 9.47 Å². The predicted octanol–water partition coefficient (Wildman–Crippen LogP) is 3.30. The molecule has 8 nitrogen and oxygen atoms in total. The lowest BCUT2D eigenvalue weighted by atomic mass is 9.97. The molecule has 0 saturated heterocycles. The Morgan fingerprint density at radius 3 is 2.28 bits per heavy atom. The molecule has 0 aromatic carbocycles. The zero-order valence-corrected chi connectivity index (χ0v) is 14.9. The standard InChI is InChI=1S/C16H16N2O6S/c1-5-24-16(20)13-9(3)17-8(2)12(15(19)23-4)14(13)10-6-7-11(25-10)18(21)22/h6-7H,5H2,1-4H3. The Hall–Kier alpha value is -2.81. The molecular weight excluding hydrogens is 348 g/mol. The summed E-state index contributed by atoms with van der Waals surface area (Å²) in [6, 6.07) is 2.81. The minimum absolute atomic E-state index is 0.0906. The van der Waals surface area contributed by atoms with Gasteiger partial charge in [0.25, 0.3) is 0 Å². The van der Waals surface area contributed by atoms with Crippen molar-refractivity contribution in [3.8, 4) is 10.4 Å². The van der Waals surface area contributed by atoms with Crippen LogP contribution in [0.3, 0.4) is 0 Å². The number of aryl methyl sites for hydroxylation is 2. The van der Waals surface area contributed by atoms with Crippen LogP contribution in [-0.4, -0.2) is 35.6 Å². The highest BCUT2D eigenvalue weighted by molar-refractivity contribution is 7.18. The van der Waals surface area contributed by atoms with E-state index in [1.54, 1.807) is 20.8 Å². The third kappa shape index (κ3) is 3.50. The molecular formula is C16H16N2O6S. The number of thiophene rings is 1. The highest BCUT2D eigenvalue weighted by atomic mass is 32.1. The summed E-state index contributed by atoms with van der Waals surface area (Å²) in [7, 11) is 1.21. The number of carbonyl (C=O) groups excluding carboxylic acids is 2. The highest BCUT2D eigenvalue weighted by Crippen LogP contribution is 2.39. The molecule has 0 unspecified atom stereocenters. The number of nitro groups is 1. The van der Waals surface area contributed by atoms with Crippen LogP contribution in [0.1, 0.15) is 39.0 Å². The first-order valence-corrected chi connectivity index (χ1v) is 8.14. The first-order chi connectivity index (χ1) is 11.8. The molecule has 0 fully saturated rings. The van der Waals surface area contributed by atoms with Gasteiger partial charge < -0.3 is 9.47 Å². The Morgan fingerprint density at radius 1 is 1.20 bits per heavy atom. The van der Waals surface area contributed by atoms with Gasteiger partial charge in [0.1, 0.15) is 0 Å². The van der Waals surface area contributed by atoms with E-state index in [2.05, 4.69) is 4.98 Å². The third-order valence-electron chi connectivity index (χ3n) is 3.45. The summed E-state index contributed by atoms with van der Waals surface area (Å²) in [5.74, 6) is -1.33. The van der Waals surface area contributed by atoms with Crippen molar-refractivity contribution in [1.29, 1.82) is 0 Å². The predicted molar refractivity (Wildman–Crippen MR) is 91.0 cm³/mol. The Balaban J connectivity index is 2.85. The van der Waals surface area contributed by atoms with Crippen LogP contribution in [0, 0.1) is 24.0 Å². The van der Waals surface area contributed by atoms with Crippen molar-refractivity contribution in [1.82, 2.24) is 4.98 Å². The van der Waals surface area contributed by atoms with Crippen LogP contribution in [-0.2, 0) is 9.47 Å². The van der Waals surface area contributed by atoms with Gasteiger partial charge in [0.2, 0.25) is 0 Å². The summed E-state index contributed by atoms with van der Waals surface area (Å²) in [4.78, 5) is 39.8. The summed E-state index contributed by atoms with van der Waals surface area (Å²) in [5, 5.41) is 10.9. The molecule has 132 valence electrons. The second-order valence-corrected chi connectivity index (χ2v) is 6.08. The minimum Gasteiger partial charge on any atom is -0.465 e. The molecule has 0 aliphatic heterocycles. The van der Waals surface area contributed by atoms with Crippen LogP contribution < -0.4 is 0 Å². The smallest absolute Gasteiger partial charge is 0.340 e. The van der Waals surface area contributed by atoms with Crippen LogP contribution in [0.2, 0.25) is 0 Å². The summed E-state index contributed by atoms with van der Waals surface area (Å²) in [6.07, 6.45) is 0. The van der Waals surface area contributed by atoms with Crippen LogP contribution in [0.25, 0.3) is 10.4 Å². The van der Waals surface area contributed by atoms with E-state index in [0.717, 1.165) is 11.3 Å². The zero-order chi connectivity index (χ0) is 18.7. The number of esters is 2. The molecule has 0 radical (unpaired) electrons. The van der Waals surface area contributed by atoms with Crippen LogP contribution in [0.4, 0.5) is 5.00 Å². The first kappa shape index (κ1) is 18.5. The number of ether oxygens (including phenoxy) is 2. The summed E-state index contributed by atoms with van der Waals surface area (Å²) in [6.45, 7) is 5.03. The SMILES string of the molecule is CCOC(=O)c1c(C)nc(C)c(C(=O)OC)c1-c1ccc([N+](=O)[O-])s1. The van der Waals surface area contributed by atoms with E-state index in [-0.39, 0.29) is 28.3 Å². The number of methoxy groups -OCH3 is 1. The lowest BCUT2D eigenvalue weighted by molar-refractivity contribution is -0.380. The lowest BCUT2D eigenvalue weighted by Gasteiger charge is -2.15. The second-order valence-electron chi connectivity index (χ2n) is 5.01. The molecule has 0 N–H and O–H groups in total. The molecule has 0 saturated carbocycles. The normalized spacial score (nSPS) is 10.4. The van der Waals surface area contributed by atoms with Crippen molar-refractivity contribution in [2.24, 2.45) is 0 Å². The Kier molecular flexibility index (Phi) is 5.48. The largest absolute Gasteiger partial charge is 0.465 e. The lowest BCUT2D eigenvalue weighted by Crippen LogP contribution is -2.16. The average molecular weight is 364 g/mol. The Bertz CT molecular complexity index is 859. The molecule has 2 heterocycles. The number of aromatic nitrogens is 1. The van der Waals surface area contributed by atoms with Crippen molar-refractivity contribution in [2.75, 3.05) is 13.7 Å². The number of hydrogen-bond acceptors (Lipinski definition) is 8. The first-order valence-electron chi connectivity index (χ1n) is 7.33. The number of hydrogen-bond donors (Lipinski definition) is 0. The van der Waals surface area contributed by atoms with Gasteiger partial charge in [-0.3, -0.25) is 15.1 Å². The van der Waals surface area contributed by atoms with E-state index in [1.165, 1.54) is 19.2 Å². The van der Waals surface area contributed by atoms with E-state index in [0.29, 0.717) is 16.3 Å². The number of pyridine rings is 1. The number of rotatable bonds is 5. The Morgan fingerprint density at radius 2 is 1.80 bits per heavy atom. The van der Waals surface area contributed by atoms with Gasteiger partial charge in [-0.05, 0) is 26.8 Å². The fourth-order valence-corrected chi connectivity index (χ4v) is 3.34. The van der Waals surface area contributed by atoms with Gasteiger partial charge >= 0.3 is 16.9 Å². The van der Waals surface area contributed by atoms with Crippen molar-refractivity contribution in [3.05, 3.63) is 44.8 Å². The summed E-state index contributed by atoms with van der Waals surface area (Å²) >= 11 is 0.861. The van der Waals surface area contributed by atoms with E-state index >= 15 is 0 Å². The van der Waals surface area contributed by atoms with E-state index in [1.807, 2.05) is 0 Å². The highest BCUT2D eigenvalue weighted by Gasteiger charge is 2.29. The molecule has 0 amide bonds. The number of carbonyl (C=O) groups is 2. The maximum Gasteiger partial charge on any atom is 0.340 e. The maximum absolute atomic E-state index is 12.4. The third-order valence-corrected chi connectivity index (χ3v) is 4.50. The monoisotopic (exact) mass is 364 g/mol. The Labute approximate surface area is 147 Å². The van der Waals surface area contributed by atoms with Gasteiger partial charge in [0, 0.05) is 16.5 Å². The quantitative estimate of drug-likeness (QED) is 0.455. The van der Waals surface area contributed by atoms with Gasteiger partial charge in [0.05, 0.1) is 41.2 Å². The van der Waals surface area contributed by atoms with Gasteiger partial charge in [-0.15, -0.1) is 0 Å². The van der Waals surface area contributed by atoms with E-state index in [9.17, 15) is 19.7 Å². The molecule has 0 aliphatic carbocycles. The molecule has 2 rings (SSSR count). The average Bonchev–Trinajstić information content (AvgIpc) is 3.03. The number of nitrogens with zero attached hydrogens (tertiary/aromatic N) is 2. The molecule has 9 heteroatoms. The molecule has 0 spiro atoms.